The monoisotopic (exact) mass is 200 g/mol. The number of thioether (sulfide) groups is 1. The summed E-state index contributed by atoms with van der Waals surface area (Å²) >= 11 is 1.99. The molecule has 2 aliphatic carbocycles. The van der Waals surface area contributed by atoms with E-state index in [2.05, 4.69) is 37.0 Å². The summed E-state index contributed by atoms with van der Waals surface area (Å²) in [7, 11) is 0. The molecule has 1 heterocycles. The van der Waals surface area contributed by atoms with Crippen LogP contribution in [0.2, 0.25) is 0 Å². The van der Waals surface area contributed by atoms with Crippen LogP contribution in [0.3, 0.4) is 0 Å². The maximum atomic E-state index is 3.30. The predicted octanol–water partition coefficient (Wildman–Crippen LogP) is 3.14. The van der Waals surface area contributed by atoms with Gasteiger partial charge in [0.05, 0.1) is 5.25 Å². The highest BCUT2D eigenvalue weighted by atomic mass is 32.2. The maximum Gasteiger partial charge on any atom is 0.0808 e. The van der Waals surface area contributed by atoms with Crippen molar-refractivity contribution in [2.24, 2.45) is 11.8 Å². The first-order valence-electron chi connectivity index (χ1n) is 5.10. The highest BCUT2D eigenvalue weighted by molar-refractivity contribution is 8.04. The van der Waals surface area contributed by atoms with E-state index in [1.54, 1.807) is 4.91 Å². The zero-order valence-electron chi connectivity index (χ0n) is 8.16. The lowest BCUT2D eigenvalue weighted by Gasteiger charge is -2.16. The van der Waals surface area contributed by atoms with Crippen LogP contribution in [-0.2, 0) is 0 Å². The first-order chi connectivity index (χ1) is 6.84. The Kier molecular flexibility index (Phi) is 1.85. The molecule has 0 fully saturated rings. The van der Waals surface area contributed by atoms with Gasteiger partial charge in [0, 0.05) is 5.92 Å². The van der Waals surface area contributed by atoms with Crippen LogP contribution in [0.15, 0.2) is 34.8 Å². The Bertz CT molecular complexity index is 414. The number of hydrogen-bond donors (Lipinski definition) is 0. The summed E-state index contributed by atoms with van der Waals surface area (Å²) in [6.45, 7) is 2.28. The van der Waals surface area contributed by atoms with E-state index in [4.69, 9.17) is 0 Å². The van der Waals surface area contributed by atoms with Crippen LogP contribution in [0.1, 0.15) is 13.3 Å². The van der Waals surface area contributed by atoms with Gasteiger partial charge in [-0.25, -0.2) is 0 Å². The predicted molar refractivity (Wildman–Crippen MR) is 61.7 cm³/mol. The molecule has 14 heavy (non-hydrogen) atoms. The van der Waals surface area contributed by atoms with Crippen LogP contribution >= 0.6 is 11.8 Å². The highest BCUT2D eigenvalue weighted by Gasteiger charge is 2.34. The molecule has 0 saturated heterocycles. The van der Waals surface area contributed by atoms with Crippen molar-refractivity contribution < 1.29 is 0 Å². The molecule has 0 bridgehead atoms. The Morgan fingerprint density at radius 3 is 3.29 bits per heavy atom. The minimum atomic E-state index is 0.500. The van der Waals surface area contributed by atoms with Crippen molar-refractivity contribution in [2.45, 2.75) is 18.6 Å². The maximum absolute atomic E-state index is 3.30. The van der Waals surface area contributed by atoms with Gasteiger partial charge in [-0.1, -0.05) is 37.0 Å². The fraction of sp³-hybridized carbons (Fsp3) is 0.385. The molecule has 3 atom stereocenters. The molecule has 0 saturated carbocycles. The summed E-state index contributed by atoms with van der Waals surface area (Å²) in [6, 6.07) is 0. The van der Waals surface area contributed by atoms with Crippen LogP contribution in [0.25, 0.3) is 0 Å². The smallest absolute Gasteiger partial charge is 0.0808 e. The van der Waals surface area contributed by atoms with Crippen molar-refractivity contribution in [3.05, 3.63) is 34.8 Å². The van der Waals surface area contributed by atoms with Gasteiger partial charge in [-0.2, -0.15) is 0 Å². The molecule has 0 aromatic carbocycles. The lowest BCUT2D eigenvalue weighted by molar-refractivity contribution is 0.711. The standard InChI is InChI=1S/C13H12S/c1-9-6-7-11-10-4-2-3-5-12(10)14-13(11)8-9/h2,4,6-7,9-10,12H,8H2,1H3/t9-,10-,12?/m0/s1. The minimum Gasteiger partial charge on any atom is -0.113 e. The fourth-order valence-corrected chi connectivity index (χ4v) is 3.76. The largest absolute Gasteiger partial charge is 0.113 e. The Balaban J connectivity index is 1.97. The van der Waals surface area contributed by atoms with Gasteiger partial charge >= 0.3 is 0 Å². The number of rotatable bonds is 0. The Morgan fingerprint density at radius 1 is 1.43 bits per heavy atom. The van der Waals surface area contributed by atoms with E-state index < -0.39 is 0 Å². The molecule has 0 nitrogen and oxygen atoms in total. The second-order valence-electron chi connectivity index (χ2n) is 4.13. The van der Waals surface area contributed by atoms with Gasteiger partial charge in [0.1, 0.15) is 0 Å². The summed E-state index contributed by atoms with van der Waals surface area (Å²) in [5, 5.41) is 0.500. The normalized spacial score (nSPS) is 37.6. The summed E-state index contributed by atoms with van der Waals surface area (Å²) in [6.07, 6.45) is 10.1. The molecule has 1 heteroatoms. The second kappa shape index (κ2) is 3.07. The van der Waals surface area contributed by atoms with Crippen LogP contribution in [0.4, 0.5) is 0 Å². The molecule has 0 aromatic rings. The van der Waals surface area contributed by atoms with Crippen LogP contribution in [0, 0.1) is 23.7 Å². The van der Waals surface area contributed by atoms with Gasteiger partial charge < -0.3 is 0 Å². The SMILES string of the molecule is C[C@H]1C=CC2=C(C1)SC1C#CC=C[C@@H]21. The van der Waals surface area contributed by atoms with Crippen molar-refractivity contribution in [2.75, 3.05) is 0 Å². The van der Waals surface area contributed by atoms with Crippen molar-refractivity contribution in [1.29, 1.82) is 0 Å². The Hall–Kier alpha value is -0.870. The van der Waals surface area contributed by atoms with E-state index in [0.29, 0.717) is 17.1 Å². The lowest BCUT2D eigenvalue weighted by Crippen LogP contribution is -2.11. The Labute approximate surface area is 89.2 Å². The average molecular weight is 200 g/mol. The molecule has 0 spiro atoms. The van der Waals surface area contributed by atoms with Gasteiger partial charge in [-0.3, -0.25) is 0 Å². The van der Waals surface area contributed by atoms with Crippen molar-refractivity contribution in [3.8, 4) is 11.8 Å². The lowest BCUT2D eigenvalue weighted by atomic mass is 9.87. The van der Waals surface area contributed by atoms with Crippen molar-refractivity contribution >= 4 is 11.8 Å². The van der Waals surface area contributed by atoms with Gasteiger partial charge in [0.15, 0.2) is 0 Å². The summed E-state index contributed by atoms with van der Waals surface area (Å²) < 4.78 is 0. The van der Waals surface area contributed by atoms with E-state index in [9.17, 15) is 0 Å². The van der Waals surface area contributed by atoms with E-state index >= 15 is 0 Å². The third-order valence-corrected chi connectivity index (χ3v) is 4.35. The summed E-state index contributed by atoms with van der Waals surface area (Å²) in [4.78, 5) is 1.58. The van der Waals surface area contributed by atoms with Crippen molar-refractivity contribution in [3.63, 3.8) is 0 Å². The molecule has 3 aliphatic rings. The van der Waals surface area contributed by atoms with Gasteiger partial charge in [0.25, 0.3) is 0 Å². The second-order valence-corrected chi connectivity index (χ2v) is 5.37. The summed E-state index contributed by atoms with van der Waals surface area (Å²) in [5.41, 5.74) is 1.53. The van der Waals surface area contributed by atoms with Gasteiger partial charge in [-0.05, 0) is 28.9 Å². The molecule has 1 unspecified atom stereocenters. The molecule has 1 aliphatic heterocycles. The molecular weight excluding hydrogens is 188 g/mol. The highest BCUT2D eigenvalue weighted by Crippen LogP contribution is 2.48. The van der Waals surface area contributed by atoms with E-state index in [1.807, 2.05) is 17.8 Å². The fourth-order valence-electron chi connectivity index (χ4n) is 2.25. The quantitative estimate of drug-likeness (QED) is 0.541. The van der Waals surface area contributed by atoms with Gasteiger partial charge in [-0.15, -0.1) is 11.8 Å². The zero-order valence-corrected chi connectivity index (χ0v) is 8.97. The Morgan fingerprint density at radius 2 is 2.36 bits per heavy atom. The topological polar surface area (TPSA) is 0 Å². The third kappa shape index (κ3) is 1.18. The summed E-state index contributed by atoms with van der Waals surface area (Å²) in [5.74, 6) is 7.65. The zero-order chi connectivity index (χ0) is 9.54. The third-order valence-electron chi connectivity index (χ3n) is 3.00. The van der Waals surface area contributed by atoms with E-state index in [0.717, 1.165) is 0 Å². The number of allylic oxidation sites excluding steroid dienone is 6. The molecule has 0 aromatic heterocycles. The number of fused-ring (bicyclic) bond motifs is 2. The molecule has 3 rings (SSSR count). The average Bonchev–Trinajstić information content (AvgIpc) is 2.54. The van der Waals surface area contributed by atoms with Crippen molar-refractivity contribution in [1.82, 2.24) is 0 Å². The first kappa shape index (κ1) is 8.44. The van der Waals surface area contributed by atoms with E-state index in [-0.39, 0.29) is 0 Å². The van der Waals surface area contributed by atoms with Crippen LogP contribution < -0.4 is 0 Å². The van der Waals surface area contributed by atoms with Crippen LogP contribution in [-0.4, -0.2) is 5.25 Å². The molecule has 0 N–H and O–H groups in total. The minimum absolute atomic E-state index is 0.500. The van der Waals surface area contributed by atoms with E-state index in [1.165, 1.54) is 12.0 Å². The number of hydrogen-bond acceptors (Lipinski definition) is 1. The molecular formula is C13H12S. The van der Waals surface area contributed by atoms with Crippen LogP contribution in [0.5, 0.6) is 0 Å². The molecule has 0 radical (unpaired) electrons. The van der Waals surface area contributed by atoms with Gasteiger partial charge in [0.2, 0.25) is 0 Å². The molecule has 70 valence electrons. The first-order valence-corrected chi connectivity index (χ1v) is 5.98. The molecule has 0 amide bonds.